The zero-order chi connectivity index (χ0) is 8.69. The second-order valence-corrected chi connectivity index (χ2v) is 3.42. The summed E-state index contributed by atoms with van der Waals surface area (Å²) in [7, 11) is 0. The van der Waals surface area contributed by atoms with Crippen LogP contribution in [0.3, 0.4) is 0 Å². The van der Waals surface area contributed by atoms with Crippen LogP contribution in [0.25, 0.3) is 0 Å². The summed E-state index contributed by atoms with van der Waals surface area (Å²) in [5.41, 5.74) is 0. The molecule has 0 aromatic rings. The highest BCUT2D eigenvalue weighted by Gasteiger charge is 2.00. The van der Waals surface area contributed by atoms with E-state index in [1.54, 1.807) is 0 Å². The summed E-state index contributed by atoms with van der Waals surface area (Å²) in [5.74, 6) is 0.243. The fourth-order valence-corrected chi connectivity index (χ4v) is 1.17. The highest BCUT2D eigenvalue weighted by molar-refractivity contribution is 14.1. The van der Waals surface area contributed by atoms with E-state index in [2.05, 4.69) is 0 Å². The lowest BCUT2D eigenvalue weighted by molar-refractivity contribution is -0.117. The summed E-state index contributed by atoms with van der Waals surface area (Å²) in [5, 5.41) is -0.313. The van der Waals surface area contributed by atoms with Crippen molar-refractivity contribution in [2.75, 3.05) is 4.43 Å². The van der Waals surface area contributed by atoms with Crippen LogP contribution in [0.5, 0.6) is 0 Å². The first-order valence-corrected chi connectivity index (χ1v) is 5.33. The van der Waals surface area contributed by atoms with Crippen LogP contribution in [0.15, 0.2) is 0 Å². The smallest absolute Gasteiger partial charge is 0.221 e. The average molecular weight is 289 g/mol. The summed E-state index contributed by atoms with van der Waals surface area (Å²) >= 11 is 7.14. The summed E-state index contributed by atoms with van der Waals surface area (Å²) in [6, 6.07) is 0. The Morgan fingerprint density at radius 2 is 1.73 bits per heavy atom. The van der Waals surface area contributed by atoms with Crippen molar-refractivity contribution in [1.29, 1.82) is 0 Å². The molecule has 0 fully saturated rings. The Balaban J connectivity index is 3.14. The van der Waals surface area contributed by atoms with E-state index in [1.807, 2.05) is 22.6 Å². The molecular formula is C7H10ClIO2. The number of ketones is 1. The van der Waals surface area contributed by atoms with Gasteiger partial charge in [0.15, 0.2) is 0 Å². The van der Waals surface area contributed by atoms with Crippen LogP contribution in [0.1, 0.15) is 25.7 Å². The first-order valence-electron chi connectivity index (χ1n) is 3.43. The van der Waals surface area contributed by atoms with Gasteiger partial charge in [-0.3, -0.25) is 9.59 Å². The minimum absolute atomic E-state index is 0.243. The SMILES string of the molecule is O=C(Cl)CCCCC(=O)CI. The predicted octanol–water partition coefficient (Wildman–Crippen LogP) is 2.32. The lowest BCUT2D eigenvalue weighted by Crippen LogP contribution is -1.98. The van der Waals surface area contributed by atoms with Crippen molar-refractivity contribution in [2.45, 2.75) is 25.7 Å². The number of alkyl halides is 1. The molecule has 0 rings (SSSR count). The Hall–Kier alpha value is 0.360. The Bertz CT molecular complexity index is 147. The van der Waals surface area contributed by atoms with Crippen LogP contribution >= 0.6 is 34.2 Å². The molecule has 4 heteroatoms. The minimum atomic E-state index is -0.313. The Labute approximate surface area is 84.8 Å². The van der Waals surface area contributed by atoms with Crippen molar-refractivity contribution in [3.05, 3.63) is 0 Å². The zero-order valence-corrected chi connectivity index (χ0v) is 9.02. The van der Waals surface area contributed by atoms with Crippen LogP contribution in [0.4, 0.5) is 0 Å². The molecular weight excluding hydrogens is 278 g/mol. The van der Waals surface area contributed by atoms with Gasteiger partial charge in [0.1, 0.15) is 5.78 Å². The van der Waals surface area contributed by atoms with Crippen molar-refractivity contribution < 1.29 is 9.59 Å². The van der Waals surface area contributed by atoms with Crippen LogP contribution in [0.2, 0.25) is 0 Å². The quantitative estimate of drug-likeness (QED) is 0.325. The molecule has 0 aliphatic rings. The molecule has 0 aliphatic carbocycles. The lowest BCUT2D eigenvalue weighted by Gasteiger charge is -1.94. The number of unbranched alkanes of at least 4 members (excludes halogenated alkanes) is 1. The molecule has 0 heterocycles. The van der Waals surface area contributed by atoms with E-state index < -0.39 is 0 Å². The fourth-order valence-electron chi connectivity index (χ4n) is 0.653. The van der Waals surface area contributed by atoms with E-state index in [9.17, 15) is 9.59 Å². The number of hydrogen-bond acceptors (Lipinski definition) is 2. The molecule has 2 nitrogen and oxygen atoms in total. The summed E-state index contributed by atoms with van der Waals surface area (Å²) in [6.07, 6.45) is 2.47. The molecule has 0 radical (unpaired) electrons. The predicted molar refractivity (Wildman–Crippen MR) is 53.2 cm³/mol. The van der Waals surface area contributed by atoms with Gasteiger partial charge < -0.3 is 0 Å². The normalized spacial score (nSPS) is 9.64. The van der Waals surface area contributed by atoms with Gasteiger partial charge in [-0.2, -0.15) is 0 Å². The van der Waals surface area contributed by atoms with Gasteiger partial charge >= 0.3 is 0 Å². The molecule has 0 unspecified atom stereocenters. The number of Topliss-reactive ketones (excluding diaryl/α,β-unsaturated/α-hetero) is 1. The molecule has 0 N–H and O–H groups in total. The van der Waals surface area contributed by atoms with E-state index in [0.29, 0.717) is 17.3 Å². The molecule has 0 aromatic heterocycles. The van der Waals surface area contributed by atoms with Gasteiger partial charge in [-0.25, -0.2) is 0 Å². The van der Waals surface area contributed by atoms with Gasteiger partial charge in [0, 0.05) is 12.8 Å². The number of carbonyl (C=O) groups is 2. The molecule has 0 saturated carbocycles. The maximum atomic E-state index is 10.7. The van der Waals surface area contributed by atoms with E-state index in [4.69, 9.17) is 11.6 Å². The van der Waals surface area contributed by atoms with E-state index in [-0.39, 0.29) is 11.0 Å². The van der Waals surface area contributed by atoms with Gasteiger partial charge in [-0.05, 0) is 24.4 Å². The van der Waals surface area contributed by atoms with Crippen molar-refractivity contribution in [1.82, 2.24) is 0 Å². The largest absolute Gasteiger partial charge is 0.299 e. The molecule has 0 saturated heterocycles. The van der Waals surface area contributed by atoms with E-state index >= 15 is 0 Å². The Morgan fingerprint density at radius 1 is 1.18 bits per heavy atom. The van der Waals surface area contributed by atoms with Gasteiger partial charge in [0.2, 0.25) is 5.24 Å². The third-order valence-corrected chi connectivity index (χ3v) is 2.27. The maximum absolute atomic E-state index is 10.7. The van der Waals surface area contributed by atoms with Crippen LogP contribution < -0.4 is 0 Å². The molecule has 0 bridgehead atoms. The standard InChI is InChI=1S/C7H10ClIO2/c8-7(11)4-2-1-3-6(10)5-9/h1-5H2. The second kappa shape index (κ2) is 7.03. The topological polar surface area (TPSA) is 34.1 Å². The van der Waals surface area contributed by atoms with Crippen LogP contribution in [-0.2, 0) is 9.59 Å². The van der Waals surface area contributed by atoms with Gasteiger partial charge in [0.05, 0.1) is 4.43 Å². The van der Waals surface area contributed by atoms with E-state index in [0.717, 1.165) is 12.8 Å². The number of hydrogen-bond donors (Lipinski definition) is 0. The number of rotatable bonds is 6. The second-order valence-electron chi connectivity index (χ2n) is 2.23. The van der Waals surface area contributed by atoms with Crippen molar-refractivity contribution in [2.24, 2.45) is 0 Å². The van der Waals surface area contributed by atoms with Gasteiger partial charge in [-0.15, -0.1) is 0 Å². The molecule has 11 heavy (non-hydrogen) atoms. The lowest BCUT2D eigenvalue weighted by atomic mass is 10.1. The Kier molecular flexibility index (Phi) is 7.26. The van der Waals surface area contributed by atoms with Gasteiger partial charge in [0.25, 0.3) is 0 Å². The summed E-state index contributed by atoms with van der Waals surface area (Å²) < 4.78 is 0.562. The third-order valence-electron chi connectivity index (χ3n) is 1.23. The van der Waals surface area contributed by atoms with Crippen molar-refractivity contribution in [3.63, 3.8) is 0 Å². The van der Waals surface area contributed by atoms with Crippen molar-refractivity contribution in [3.8, 4) is 0 Å². The molecule has 0 atom stereocenters. The highest BCUT2D eigenvalue weighted by atomic mass is 127. The molecule has 0 spiro atoms. The minimum Gasteiger partial charge on any atom is -0.299 e. The van der Waals surface area contributed by atoms with Crippen molar-refractivity contribution >= 4 is 45.2 Å². The Morgan fingerprint density at radius 3 is 2.18 bits per heavy atom. The van der Waals surface area contributed by atoms with Crippen LogP contribution in [0, 0.1) is 0 Å². The molecule has 64 valence electrons. The highest BCUT2D eigenvalue weighted by Crippen LogP contribution is 2.03. The molecule has 0 amide bonds. The monoisotopic (exact) mass is 288 g/mol. The van der Waals surface area contributed by atoms with E-state index in [1.165, 1.54) is 0 Å². The number of halogens is 2. The number of carbonyl (C=O) groups excluding carboxylic acids is 2. The zero-order valence-electron chi connectivity index (χ0n) is 6.11. The first-order chi connectivity index (χ1) is 5.16. The molecule has 0 aliphatic heterocycles. The van der Waals surface area contributed by atoms with Gasteiger partial charge in [-0.1, -0.05) is 22.6 Å². The summed E-state index contributed by atoms with van der Waals surface area (Å²) in [4.78, 5) is 21.0. The maximum Gasteiger partial charge on any atom is 0.221 e. The first kappa shape index (κ1) is 11.4. The third kappa shape index (κ3) is 8.26. The van der Waals surface area contributed by atoms with Crippen LogP contribution in [-0.4, -0.2) is 15.5 Å². The fraction of sp³-hybridized carbons (Fsp3) is 0.714. The average Bonchev–Trinajstić information content (AvgIpc) is 1.97. The summed E-state index contributed by atoms with van der Waals surface area (Å²) in [6.45, 7) is 0. The molecule has 0 aromatic carbocycles.